The van der Waals surface area contributed by atoms with Gasteiger partial charge in [-0.15, -0.1) is 0 Å². The monoisotopic (exact) mass is 340 g/mol. The summed E-state index contributed by atoms with van der Waals surface area (Å²) in [5.74, 6) is 0.0847. The first-order valence-corrected chi connectivity index (χ1v) is 8.65. The molecule has 2 aromatic rings. The number of anilines is 1. The Kier molecular flexibility index (Phi) is 4.61. The van der Waals surface area contributed by atoms with Gasteiger partial charge < -0.3 is 10.6 Å². The summed E-state index contributed by atoms with van der Waals surface area (Å²) >= 11 is 0. The van der Waals surface area contributed by atoms with E-state index < -0.39 is 6.04 Å². The number of ketones is 1. The first-order valence-electron chi connectivity index (χ1n) is 8.65. The van der Waals surface area contributed by atoms with E-state index in [1.165, 1.54) is 6.20 Å². The summed E-state index contributed by atoms with van der Waals surface area (Å²) in [5.41, 5.74) is 8.53. The Morgan fingerprint density at radius 2 is 1.92 bits per heavy atom. The largest absolute Gasteiger partial charge is 0.383 e. The van der Waals surface area contributed by atoms with Crippen LogP contribution in [0.25, 0.3) is 5.69 Å². The minimum Gasteiger partial charge on any atom is -0.383 e. The maximum atomic E-state index is 13.0. The van der Waals surface area contributed by atoms with Gasteiger partial charge in [-0.25, -0.2) is 4.68 Å². The van der Waals surface area contributed by atoms with Crippen LogP contribution in [0.4, 0.5) is 5.82 Å². The summed E-state index contributed by atoms with van der Waals surface area (Å²) < 4.78 is 1.57. The molecule has 1 atom stereocenters. The summed E-state index contributed by atoms with van der Waals surface area (Å²) in [4.78, 5) is 27.0. The van der Waals surface area contributed by atoms with Crippen molar-refractivity contribution in [3.8, 4) is 5.69 Å². The van der Waals surface area contributed by atoms with E-state index in [1.807, 2.05) is 45.0 Å². The van der Waals surface area contributed by atoms with Gasteiger partial charge in [0.05, 0.1) is 23.5 Å². The van der Waals surface area contributed by atoms with E-state index in [0.717, 1.165) is 17.7 Å². The van der Waals surface area contributed by atoms with Gasteiger partial charge in [0.15, 0.2) is 5.78 Å². The van der Waals surface area contributed by atoms with Crippen LogP contribution in [0.2, 0.25) is 0 Å². The first kappa shape index (κ1) is 17.2. The molecule has 1 aliphatic heterocycles. The van der Waals surface area contributed by atoms with Gasteiger partial charge >= 0.3 is 0 Å². The number of benzene rings is 1. The molecule has 0 saturated carbocycles. The Morgan fingerprint density at radius 3 is 2.56 bits per heavy atom. The molecule has 0 spiro atoms. The Labute approximate surface area is 147 Å². The van der Waals surface area contributed by atoms with E-state index in [2.05, 4.69) is 5.10 Å². The maximum absolute atomic E-state index is 13.0. The predicted octanol–water partition coefficient (Wildman–Crippen LogP) is 2.59. The third kappa shape index (κ3) is 3.16. The summed E-state index contributed by atoms with van der Waals surface area (Å²) in [5, 5.41) is 4.28. The summed E-state index contributed by atoms with van der Waals surface area (Å²) in [7, 11) is 0. The summed E-state index contributed by atoms with van der Waals surface area (Å²) in [6, 6.07) is 7.33. The number of hydrogen-bond donors (Lipinski definition) is 1. The zero-order chi connectivity index (χ0) is 18.1. The van der Waals surface area contributed by atoms with E-state index in [9.17, 15) is 9.59 Å². The van der Waals surface area contributed by atoms with Crippen LogP contribution in [0.15, 0.2) is 30.5 Å². The van der Waals surface area contributed by atoms with Gasteiger partial charge in [-0.05, 0) is 31.9 Å². The van der Waals surface area contributed by atoms with Crippen molar-refractivity contribution < 1.29 is 9.59 Å². The molecule has 1 fully saturated rings. The molecule has 1 aliphatic rings. The average Bonchev–Trinajstić information content (AvgIpc) is 3.21. The van der Waals surface area contributed by atoms with Crippen LogP contribution in [-0.2, 0) is 4.79 Å². The van der Waals surface area contributed by atoms with Gasteiger partial charge in [0.2, 0.25) is 5.91 Å². The van der Waals surface area contributed by atoms with Crippen molar-refractivity contribution in [1.82, 2.24) is 14.7 Å². The normalized spacial score (nSPS) is 17.3. The third-order valence-electron chi connectivity index (χ3n) is 4.68. The van der Waals surface area contributed by atoms with Gasteiger partial charge in [-0.2, -0.15) is 5.10 Å². The quantitative estimate of drug-likeness (QED) is 0.868. The molecule has 1 saturated heterocycles. The summed E-state index contributed by atoms with van der Waals surface area (Å²) in [6.07, 6.45) is 3.02. The first-order chi connectivity index (χ1) is 11.9. The van der Waals surface area contributed by atoms with Gasteiger partial charge in [-0.1, -0.05) is 31.5 Å². The van der Waals surface area contributed by atoms with E-state index in [-0.39, 0.29) is 17.6 Å². The molecule has 0 aliphatic carbocycles. The van der Waals surface area contributed by atoms with Crippen molar-refractivity contribution in [2.75, 3.05) is 12.3 Å². The molecule has 0 radical (unpaired) electrons. The van der Waals surface area contributed by atoms with Gasteiger partial charge in [0.25, 0.3) is 0 Å². The minimum absolute atomic E-state index is 0.0142. The molecule has 1 amide bonds. The van der Waals surface area contributed by atoms with E-state index in [0.29, 0.717) is 24.3 Å². The SMILES string of the molecule is Cc1ccc(-n2ncc(C(=O)C3CCCN3C(=O)C(C)C)c2N)cc1. The fourth-order valence-electron chi connectivity index (χ4n) is 3.25. The molecule has 2 N–H and O–H groups in total. The second-order valence-electron chi connectivity index (χ2n) is 6.90. The van der Waals surface area contributed by atoms with Crippen molar-refractivity contribution in [3.63, 3.8) is 0 Å². The Hall–Kier alpha value is -2.63. The number of Topliss-reactive ketones (excluding diaryl/α,β-unsaturated/α-hetero) is 1. The van der Waals surface area contributed by atoms with Crippen LogP contribution in [-0.4, -0.2) is 39.0 Å². The highest BCUT2D eigenvalue weighted by atomic mass is 16.2. The molecule has 2 heterocycles. The van der Waals surface area contributed by atoms with E-state index in [1.54, 1.807) is 9.58 Å². The zero-order valence-electron chi connectivity index (χ0n) is 14.9. The number of amides is 1. The van der Waals surface area contributed by atoms with Crippen LogP contribution in [0.1, 0.15) is 42.6 Å². The number of rotatable bonds is 4. The molecule has 1 aromatic heterocycles. The lowest BCUT2D eigenvalue weighted by Crippen LogP contribution is -2.42. The Bertz CT molecular complexity index is 792. The molecule has 6 heteroatoms. The van der Waals surface area contributed by atoms with Crippen LogP contribution < -0.4 is 5.73 Å². The molecule has 1 unspecified atom stereocenters. The second kappa shape index (κ2) is 6.70. The van der Waals surface area contributed by atoms with Crippen LogP contribution >= 0.6 is 0 Å². The number of nitrogens with two attached hydrogens (primary N) is 1. The van der Waals surface area contributed by atoms with Gasteiger partial charge in [0.1, 0.15) is 5.82 Å². The smallest absolute Gasteiger partial charge is 0.225 e. The molecule has 132 valence electrons. The molecule has 0 bridgehead atoms. The number of carbonyl (C=O) groups is 2. The Balaban J connectivity index is 1.88. The van der Waals surface area contributed by atoms with Crippen molar-refractivity contribution >= 4 is 17.5 Å². The van der Waals surface area contributed by atoms with E-state index in [4.69, 9.17) is 5.73 Å². The van der Waals surface area contributed by atoms with Crippen molar-refractivity contribution in [1.29, 1.82) is 0 Å². The lowest BCUT2D eigenvalue weighted by Gasteiger charge is -2.25. The van der Waals surface area contributed by atoms with Crippen molar-refractivity contribution in [2.45, 2.75) is 39.7 Å². The number of aryl methyl sites for hydroxylation is 1. The molecular formula is C19H24N4O2. The fourth-order valence-corrected chi connectivity index (χ4v) is 3.25. The number of likely N-dealkylation sites (tertiary alicyclic amines) is 1. The molecule has 25 heavy (non-hydrogen) atoms. The lowest BCUT2D eigenvalue weighted by molar-refractivity contribution is -0.134. The topological polar surface area (TPSA) is 81.2 Å². The number of aromatic nitrogens is 2. The van der Waals surface area contributed by atoms with Gasteiger partial charge in [0, 0.05) is 12.5 Å². The van der Waals surface area contributed by atoms with Crippen molar-refractivity contribution in [2.24, 2.45) is 5.92 Å². The minimum atomic E-state index is -0.437. The van der Waals surface area contributed by atoms with Crippen LogP contribution in [0.3, 0.4) is 0 Å². The van der Waals surface area contributed by atoms with Crippen LogP contribution in [0.5, 0.6) is 0 Å². The van der Waals surface area contributed by atoms with Crippen molar-refractivity contribution in [3.05, 3.63) is 41.6 Å². The fraction of sp³-hybridized carbons (Fsp3) is 0.421. The highest BCUT2D eigenvalue weighted by molar-refractivity contribution is 6.05. The number of carbonyl (C=O) groups excluding carboxylic acids is 2. The summed E-state index contributed by atoms with van der Waals surface area (Å²) in [6.45, 7) is 6.34. The highest BCUT2D eigenvalue weighted by Crippen LogP contribution is 2.26. The highest BCUT2D eigenvalue weighted by Gasteiger charge is 2.36. The number of hydrogen-bond acceptors (Lipinski definition) is 4. The number of nitrogens with zero attached hydrogens (tertiary/aromatic N) is 3. The number of nitrogen functional groups attached to an aromatic ring is 1. The Morgan fingerprint density at radius 1 is 1.24 bits per heavy atom. The zero-order valence-corrected chi connectivity index (χ0v) is 14.9. The standard InChI is InChI=1S/C19H24N4O2/c1-12(2)19(25)22-10-4-5-16(22)17(24)15-11-21-23(18(15)20)14-8-6-13(3)7-9-14/h6-9,11-12,16H,4-5,10,20H2,1-3H3. The maximum Gasteiger partial charge on any atom is 0.225 e. The third-order valence-corrected chi connectivity index (χ3v) is 4.68. The lowest BCUT2D eigenvalue weighted by atomic mass is 10.0. The molecule has 6 nitrogen and oxygen atoms in total. The van der Waals surface area contributed by atoms with E-state index >= 15 is 0 Å². The predicted molar refractivity (Wildman–Crippen MR) is 96.6 cm³/mol. The molecular weight excluding hydrogens is 316 g/mol. The van der Waals surface area contributed by atoms with Gasteiger partial charge in [-0.3, -0.25) is 9.59 Å². The molecule has 1 aromatic carbocycles. The molecule has 3 rings (SSSR count). The van der Waals surface area contributed by atoms with Crippen LogP contribution in [0, 0.1) is 12.8 Å². The average molecular weight is 340 g/mol. The second-order valence-corrected chi connectivity index (χ2v) is 6.90.